The zero-order valence-electron chi connectivity index (χ0n) is 35.5. The molecule has 8 N–H and O–H groups in total. The van der Waals surface area contributed by atoms with Crippen molar-refractivity contribution in [3.63, 3.8) is 0 Å². The number of ether oxygens (including phenoxy) is 3. The number of carboxylic acids is 1. The van der Waals surface area contributed by atoms with Crippen molar-refractivity contribution < 1.29 is 76.8 Å². The van der Waals surface area contributed by atoms with E-state index in [0.29, 0.717) is 11.1 Å². The maximum absolute atomic E-state index is 13.7. The summed E-state index contributed by atoms with van der Waals surface area (Å²) < 4.78 is 53.8. The first-order valence-electron chi connectivity index (χ1n) is 20.3. The van der Waals surface area contributed by atoms with E-state index < -0.39 is 117 Å². The largest absolute Gasteiger partial charge is 0.507 e. The molecule has 8 rings (SSSR count). The number of ketones is 3. The molecule has 1 saturated heterocycles. The molecule has 342 valence electrons. The number of phenolic OH excluding ortho intramolecular Hbond substituents is 2. The molecule has 1 heterocycles. The van der Waals surface area contributed by atoms with E-state index in [4.69, 9.17) is 25.1 Å². The maximum Gasteiger partial charge on any atom is 0.307 e. The van der Waals surface area contributed by atoms with E-state index in [1.54, 1.807) is 25.1 Å². The number of hydrogen-bond acceptors (Lipinski definition) is 15. The third-order valence-electron chi connectivity index (χ3n) is 12.2. The number of benzene rings is 4. The van der Waals surface area contributed by atoms with Crippen LogP contribution in [0.5, 0.6) is 17.2 Å². The number of aliphatic carboxylic acids is 1. The Morgan fingerprint density at radius 1 is 0.985 bits per heavy atom. The summed E-state index contributed by atoms with van der Waals surface area (Å²) in [5, 5.41) is 62.9. The van der Waals surface area contributed by atoms with Crippen LogP contribution in [0.15, 0.2) is 71.1 Å². The number of carboxylic acid groups (broad SMARTS) is 1. The number of sulfone groups is 1. The molecule has 6 atom stereocenters. The first-order valence-corrected chi connectivity index (χ1v) is 22.2. The molecular weight excluding hydrogens is 870 g/mol. The number of aliphatic hydroxyl groups excluding tert-OH is 2. The van der Waals surface area contributed by atoms with Gasteiger partial charge in [0.2, 0.25) is 5.78 Å². The van der Waals surface area contributed by atoms with Gasteiger partial charge in [0.05, 0.1) is 53.4 Å². The molecule has 65 heavy (non-hydrogen) atoms. The molecule has 4 aliphatic rings. The smallest absolute Gasteiger partial charge is 0.307 e. The normalized spacial score (nSPS) is 24.1. The summed E-state index contributed by atoms with van der Waals surface area (Å²) in [5.74, 6) is -5.17. The minimum atomic E-state index is -3.27. The molecule has 0 aromatic heterocycles. The quantitative estimate of drug-likeness (QED) is 0.103. The van der Waals surface area contributed by atoms with Gasteiger partial charge >= 0.3 is 5.97 Å². The summed E-state index contributed by atoms with van der Waals surface area (Å²) in [6, 6.07) is 14.4. The molecule has 4 aromatic carbocycles. The second-order valence-corrected chi connectivity index (χ2v) is 18.4. The van der Waals surface area contributed by atoms with Crippen LogP contribution in [0.4, 0.5) is 4.39 Å². The number of aliphatic hydroxyl groups is 3. The van der Waals surface area contributed by atoms with Gasteiger partial charge in [-0.15, -0.1) is 0 Å². The molecule has 0 bridgehead atoms. The fourth-order valence-electron chi connectivity index (χ4n) is 8.86. The van der Waals surface area contributed by atoms with E-state index in [1.165, 1.54) is 49.6 Å². The van der Waals surface area contributed by atoms with E-state index in [2.05, 4.69) is 0 Å². The van der Waals surface area contributed by atoms with E-state index >= 15 is 0 Å². The summed E-state index contributed by atoms with van der Waals surface area (Å²) in [4.78, 5) is 51.2. The predicted octanol–water partition coefficient (Wildman–Crippen LogP) is 4.03. The molecule has 1 aliphatic heterocycles. The molecule has 16 nitrogen and oxygen atoms in total. The third kappa shape index (κ3) is 8.61. The molecule has 0 unspecified atom stereocenters. The topological polar surface area (TPSA) is 278 Å². The lowest BCUT2D eigenvalue weighted by atomic mass is 9.72. The Labute approximate surface area is 371 Å². The highest BCUT2D eigenvalue weighted by molar-refractivity contribution is 7.90. The Morgan fingerprint density at radius 3 is 2.28 bits per heavy atom. The Bertz CT molecular complexity index is 2820. The number of phenols is 2. The van der Waals surface area contributed by atoms with Crippen molar-refractivity contribution in [2.24, 2.45) is 5.73 Å². The van der Waals surface area contributed by atoms with Gasteiger partial charge in [-0.25, -0.2) is 12.8 Å². The number of carbonyl (C=O) groups is 4. The predicted molar refractivity (Wildman–Crippen MR) is 230 cm³/mol. The van der Waals surface area contributed by atoms with Gasteiger partial charge < -0.3 is 50.6 Å². The van der Waals surface area contributed by atoms with Gasteiger partial charge in [0.1, 0.15) is 35.3 Å². The summed E-state index contributed by atoms with van der Waals surface area (Å²) in [6.45, 7) is 2.37. The van der Waals surface area contributed by atoms with E-state index in [9.17, 15) is 57.5 Å². The Hall–Kier alpha value is -6.12. The van der Waals surface area contributed by atoms with Gasteiger partial charge in [-0.2, -0.15) is 0 Å². The standard InChI is InChI=1S/C27H29NO11.C20H17FO4S/c1-10-22(31)13(28)6-17(38-10)39-15-8-27(36,16(30)9-29)7-12-19(15)26(35)21-20(24(12)33)23(32)11-4-3-5-14(37-2)18(11)25(21)34;1-12-17(9-13-3-6-15(7-4-13)26(2,24)25)16-8-5-14(21)10-19(16)18(12)11-20(22)23/h3-5,10,13,15,17,22,29,31,33,35-36H,6-9,28H2,1-2H3;3-10H,11H2,1-2H3,(H,22,23)/b;17-9-/t10-,13-,15-,17-,22+,27-;/m0./s1. The fourth-order valence-corrected chi connectivity index (χ4v) is 9.49. The second kappa shape index (κ2) is 17.7. The Kier molecular flexibility index (Phi) is 12.8. The number of Topliss-reactive ketones (excluding diaryl/α,β-unsaturated/α-hetero) is 1. The third-order valence-corrected chi connectivity index (χ3v) is 13.3. The van der Waals surface area contributed by atoms with Gasteiger partial charge in [0.25, 0.3) is 0 Å². The highest BCUT2D eigenvalue weighted by atomic mass is 32.2. The van der Waals surface area contributed by atoms with Crippen molar-refractivity contribution in [3.05, 3.63) is 122 Å². The van der Waals surface area contributed by atoms with Crippen LogP contribution in [0.25, 0.3) is 17.2 Å². The maximum atomic E-state index is 13.7. The van der Waals surface area contributed by atoms with Crippen molar-refractivity contribution in [2.45, 2.75) is 80.7 Å². The van der Waals surface area contributed by atoms with Crippen LogP contribution in [0.1, 0.15) is 98.9 Å². The van der Waals surface area contributed by atoms with Gasteiger partial charge in [0, 0.05) is 48.3 Å². The number of aromatic hydroxyl groups is 2. The van der Waals surface area contributed by atoms with Crippen LogP contribution in [-0.2, 0) is 35.3 Å². The van der Waals surface area contributed by atoms with Crippen LogP contribution in [0, 0.1) is 5.82 Å². The lowest BCUT2D eigenvalue weighted by molar-refractivity contribution is -0.247. The van der Waals surface area contributed by atoms with Gasteiger partial charge in [-0.05, 0) is 83.7 Å². The fraction of sp³-hybridized carbons (Fsp3) is 0.319. The summed E-state index contributed by atoms with van der Waals surface area (Å²) in [5.41, 5.74) is 6.68. The molecule has 1 fully saturated rings. The van der Waals surface area contributed by atoms with E-state index in [0.717, 1.165) is 28.5 Å². The van der Waals surface area contributed by atoms with Gasteiger partial charge in [-0.3, -0.25) is 19.2 Å². The molecule has 18 heteroatoms. The summed E-state index contributed by atoms with van der Waals surface area (Å²) in [6.07, 6.45) is -2.31. The van der Waals surface area contributed by atoms with Crippen molar-refractivity contribution >= 4 is 50.4 Å². The Balaban J connectivity index is 0.000000210. The van der Waals surface area contributed by atoms with E-state index in [-0.39, 0.29) is 45.7 Å². The molecule has 0 spiro atoms. The Morgan fingerprint density at radius 2 is 1.66 bits per heavy atom. The SMILES string of the molecule is CC1=C(CC(=O)O)c2cc(F)ccc2/C1=C\c1ccc(S(C)(=O)=O)cc1.COc1cccc2c1C(=O)c1c(O)c3c(c(O)c1C2=O)C[C@@](O)(C(=O)CO)C[C@@H]3O[C@H]1C[C@H](N)[C@H](O)[C@H](C)O1. The number of halogens is 1. The first kappa shape index (κ1) is 46.9. The molecule has 0 saturated carbocycles. The molecular formula is C47H46FNO15S. The van der Waals surface area contributed by atoms with Crippen LogP contribution in [0.2, 0.25) is 0 Å². The van der Waals surface area contributed by atoms with Gasteiger partial charge in [-0.1, -0.05) is 30.3 Å². The van der Waals surface area contributed by atoms with Crippen molar-refractivity contribution in [2.75, 3.05) is 20.0 Å². The lowest BCUT2D eigenvalue weighted by Crippen LogP contribution is -2.53. The zero-order chi connectivity index (χ0) is 47.4. The number of fused-ring (bicyclic) bond motifs is 4. The van der Waals surface area contributed by atoms with Crippen molar-refractivity contribution in [1.82, 2.24) is 0 Å². The average molecular weight is 916 g/mol. The highest BCUT2D eigenvalue weighted by Gasteiger charge is 2.50. The minimum Gasteiger partial charge on any atom is -0.507 e. The monoisotopic (exact) mass is 915 g/mol. The number of rotatable bonds is 9. The molecule has 0 amide bonds. The second-order valence-electron chi connectivity index (χ2n) is 16.4. The number of carbonyl (C=O) groups excluding carboxylic acids is 3. The van der Waals surface area contributed by atoms with Crippen LogP contribution < -0.4 is 10.5 Å². The molecule has 3 aliphatic carbocycles. The number of nitrogens with two attached hydrogens (primary N) is 1. The van der Waals surface area contributed by atoms with E-state index in [1.807, 2.05) is 13.0 Å². The van der Waals surface area contributed by atoms with Crippen LogP contribution in [-0.4, -0.2) is 112 Å². The highest BCUT2D eigenvalue weighted by Crippen LogP contribution is 2.53. The number of methoxy groups -OCH3 is 1. The molecule has 4 aromatic rings. The van der Waals surface area contributed by atoms with Crippen LogP contribution in [0.3, 0.4) is 0 Å². The molecule has 0 radical (unpaired) electrons. The lowest BCUT2D eigenvalue weighted by Gasteiger charge is -2.42. The summed E-state index contributed by atoms with van der Waals surface area (Å²) in [7, 11) is -1.95. The average Bonchev–Trinajstić information content (AvgIpc) is 3.49. The van der Waals surface area contributed by atoms with Crippen molar-refractivity contribution in [3.8, 4) is 17.2 Å². The zero-order valence-corrected chi connectivity index (χ0v) is 36.3. The van der Waals surface area contributed by atoms with Crippen molar-refractivity contribution in [1.29, 1.82) is 0 Å². The van der Waals surface area contributed by atoms with Gasteiger partial charge in [0.15, 0.2) is 27.7 Å². The number of hydrogen-bond donors (Lipinski definition) is 7. The van der Waals surface area contributed by atoms with Crippen LogP contribution >= 0.6 is 0 Å². The summed E-state index contributed by atoms with van der Waals surface area (Å²) >= 11 is 0. The number of allylic oxidation sites excluding steroid dienone is 2. The minimum absolute atomic E-state index is 0.0173. The first-order chi connectivity index (χ1) is 30.6.